The van der Waals surface area contributed by atoms with Gasteiger partial charge in [0.2, 0.25) is 0 Å². The van der Waals surface area contributed by atoms with Gasteiger partial charge in [-0.25, -0.2) is 0 Å². The number of nitrogens with zero attached hydrogens (tertiary/aromatic N) is 2. The van der Waals surface area contributed by atoms with E-state index >= 15 is 0 Å². The summed E-state index contributed by atoms with van der Waals surface area (Å²) in [4.78, 5) is 0. The van der Waals surface area contributed by atoms with Crippen LogP contribution in [-0.4, -0.2) is 19.9 Å². The van der Waals surface area contributed by atoms with Crippen LogP contribution in [0.4, 0.5) is 0 Å². The topological polar surface area (TPSA) is 79.5 Å². The highest BCUT2D eigenvalue weighted by molar-refractivity contribution is 7.86. The summed E-state index contributed by atoms with van der Waals surface area (Å²) in [6, 6.07) is 1.86. The number of rotatable bonds is 6. The van der Waals surface area contributed by atoms with Crippen LogP contribution in [0.2, 0.25) is 0 Å². The molecule has 0 radical (unpaired) electrons. The van der Waals surface area contributed by atoms with E-state index in [4.69, 9.17) is 5.26 Å². The van der Waals surface area contributed by atoms with E-state index in [0.717, 1.165) is 31.3 Å². The number of oxime groups is 1. The Bertz CT molecular complexity index is 458. The molecule has 17 heavy (non-hydrogen) atoms. The molecule has 1 aliphatic rings. The molecule has 0 atom stereocenters. The van der Waals surface area contributed by atoms with Crippen molar-refractivity contribution in [2.45, 2.75) is 39.0 Å². The molecule has 0 aromatic rings. The molecule has 1 aliphatic carbocycles. The SMILES string of the molecule is CCCCS(=O)(=O)O/N=C(\C#N)C1=CCCC1. The second kappa shape index (κ2) is 6.40. The van der Waals surface area contributed by atoms with E-state index in [9.17, 15) is 8.42 Å². The summed E-state index contributed by atoms with van der Waals surface area (Å²) < 4.78 is 27.2. The molecule has 0 unspecified atom stereocenters. The van der Waals surface area contributed by atoms with E-state index in [1.54, 1.807) is 0 Å². The van der Waals surface area contributed by atoms with Gasteiger partial charge in [0.05, 0.1) is 5.75 Å². The van der Waals surface area contributed by atoms with Gasteiger partial charge in [0.25, 0.3) is 0 Å². The molecule has 0 aromatic carbocycles. The van der Waals surface area contributed by atoms with E-state index < -0.39 is 10.1 Å². The van der Waals surface area contributed by atoms with Crippen LogP contribution in [0.15, 0.2) is 16.8 Å². The third-order valence-corrected chi connectivity index (χ3v) is 3.53. The maximum atomic E-state index is 11.4. The molecule has 0 heterocycles. The van der Waals surface area contributed by atoms with E-state index in [2.05, 4.69) is 9.44 Å². The maximum absolute atomic E-state index is 11.4. The highest BCUT2D eigenvalue weighted by Gasteiger charge is 2.15. The van der Waals surface area contributed by atoms with Crippen LogP contribution in [0.5, 0.6) is 0 Å². The molecule has 0 aromatic heterocycles. The molecule has 0 saturated heterocycles. The Balaban J connectivity index is 2.65. The van der Waals surface area contributed by atoms with Crippen molar-refractivity contribution in [3.05, 3.63) is 11.6 Å². The van der Waals surface area contributed by atoms with Crippen molar-refractivity contribution in [1.82, 2.24) is 0 Å². The summed E-state index contributed by atoms with van der Waals surface area (Å²) in [7, 11) is -3.64. The number of nitriles is 1. The number of allylic oxidation sites excluding steroid dienone is 2. The molecule has 0 bridgehead atoms. The molecule has 0 amide bonds. The average molecular weight is 256 g/mol. The quantitative estimate of drug-likeness (QED) is 0.538. The first-order chi connectivity index (χ1) is 8.09. The largest absolute Gasteiger partial charge is 0.328 e. The predicted molar refractivity (Wildman–Crippen MR) is 64.8 cm³/mol. The van der Waals surface area contributed by atoms with Crippen molar-refractivity contribution in [3.8, 4) is 6.07 Å². The normalized spacial score (nSPS) is 16.5. The highest BCUT2D eigenvalue weighted by atomic mass is 32.2. The third kappa shape index (κ3) is 4.57. The maximum Gasteiger partial charge on any atom is 0.328 e. The zero-order valence-electron chi connectivity index (χ0n) is 9.85. The number of hydrogen-bond donors (Lipinski definition) is 0. The van der Waals surface area contributed by atoms with Crippen LogP contribution in [0.3, 0.4) is 0 Å². The van der Waals surface area contributed by atoms with Crippen molar-refractivity contribution in [2.24, 2.45) is 5.16 Å². The van der Waals surface area contributed by atoms with Crippen molar-refractivity contribution < 1.29 is 12.7 Å². The summed E-state index contributed by atoms with van der Waals surface area (Å²) in [6.07, 6.45) is 5.82. The lowest BCUT2D eigenvalue weighted by molar-refractivity contribution is 0.338. The monoisotopic (exact) mass is 256 g/mol. The molecular weight excluding hydrogens is 240 g/mol. The fraction of sp³-hybridized carbons (Fsp3) is 0.636. The highest BCUT2D eigenvalue weighted by Crippen LogP contribution is 2.19. The fourth-order valence-corrected chi connectivity index (χ4v) is 2.39. The Morgan fingerprint density at radius 1 is 1.65 bits per heavy atom. The Morgan fingerprint density at radius 2 is 2.41 bits per heavy atom. The average Bonchev–Trinajstić information content (AvgIpc) is 2.81. The van der Waals surface area contributed by atoms with Crippen molar-refractivity contribution in [2.75, 3.05) is 5.75 Å². The van der Waals surface area contributed by atoms with Crippen LogP contribution < -0.4 is 0 Å². The summed E-state index contributed by atoms with van der Waals surface area (Å²) >= 11 is 0. The van der Waals surface area contributed by atoms with Crippen molar-refractivity contribution in [1.29, 1.82) is 5.26 Å². The Morgan fingerprint density at radius 3 is 2.94 bits per heavy atom. The van der Waals surface area contributed by atoms with Crippen LogP contribution in [0.1, 0.15) is 39.0 Å². The lowest BCUT2D eigenvalue weighted by atomic mass is 10.1. The minimum absolute atomic E-state index is 0.0647. The summed E-state index contributed by atoms with van der Waals surface area (Å²) in [5, 5.41) is 12.3. The zero-order chi connectivity index (χ0) is 12.7. The molecule has 6 heteroatoms. The Hall–Kier alpha value is -1.35. The molecule has 0 fully saturated rings. The first-order valence-corrected chi connectivity index (χ1v) is 7.25. The van der Waals surface area contributed by atoms with Gasteiger partial charge in [-0.05, 0) is 31.3 Å². The molecule has 0 spiro atoms. The lowest BCUT2D eigenvalue weighted by Gasteiger charge is -2.01. The second-order valence-corrected chi connectivity index (χ2v) is 5.54. The van der Waals surface area contributed by atoms with Gasteiger partial charge < -0.3 is 0 Å². The Labute approximate surface area is 102 Å². The van der Waals surface area contributed by atoms with Gasteiger partial charge in [0, 0.05) is 0 Å². The minimum atomic E-state index is -3.64. The van der Waals surface area contributed by atoms with E-state index in [0.29, 0.717) is 6.42 Å². The Kier molecular flexibility index (Phi) is 5.16. The molecule has 94 valence electrons. The van der Waals surface area contributed by atoms with Crippen LogP contribution in [0.25, 0.3) is 0 Å². The van der Waals surface area contributed by atoms with Gasteiger partial charge >= 0.3 is 10.1 Å². The van der Waals surface area contributed by atoms with Crippen molar-refractivity contribution in [3.63, 3.8) is 0 Å². The molecule has 0 saturated carbocycles. The summed E-state index contributed by atoms with van der Waals surface area (Å²) in [5.74, 6) is -0.0647. The van der Waals surface area contributed by atoms with Gasteiger partial charge in [-0.15, -0.1) is 0 Å². The van der Waals surface area contributed by atoms with E-state index in [-0.39, 0.29) is 11.5 Å². The molecule has 1 rings (SSSR count). The van der Waals surface area contributed by atoms with Crippen LogP contribution >= 0.6 is 0 Å². The first-order valence-electron chi connectivity index (χ1n) is 5.68. The van der Waals surface area contributed by atoms with E-state index in [1.807, 2.05) is 19.1 Å². The van der Waals surface area contributed by atoms with Crippen LogP contribution in [0, 0.1) is 11.3 Å². The summed E-state index contributed by atoms with van der Waals surface area (Å²) in [5.41, 5.74) is 0.848. The smallest absolute Gasteiger partial charge is 0.267 e. The predicted octanol–water partition coefficient (Wildman–Crippen LogP) is 2.12. The molecule has 5 nitrogen and oxygen atoms in total. The zero-order valence-corrected chi connectivity index (χ0v) is 10.7. The van der Waals surface area contributed by atoms with Gasteiger partial charge in [-0.2, -0.15) is 13.7 Å². The van der Waals surface area contributed by atoms with Crippen LogP contribution in [-0.2, 0) is 14.4 Å². The summed E-state index contributed by atoms with van der Waals surface area (Å²) in [6.45, 7) is 1.89. The number of unbranched alkanes of at least 4 members (excludes halogenated alkanes) is 1. The van der Waals surface area contributed by atoms with E-state index in [1.165, 1.54) is 0 Å². The number of hydrogen-bond acceptors (Lipinski definition) is 5. The van der Waals surface area contributed by atoms with Crippen molar-refractivity contribution >= 4 is 15.8 Å². The third-order valence-electron chi connectivity index (χ3n) is 2.44. The van der Waals surface area contributed by atoms with Gasteiger partial charge in [-0.3, -0.25) is 4.28 Å². The molecule has 0 N–H and O–H groups in total. The second-order valence-electron chi connectivity index (χ2n) is 3.86. The first kappa shape index (κ1) is 13.7. The van der Waals surface area contributed by atoms with Gasteiger partial charge in [-0.1, -0.05) is 24.6 Å². The molecular formula is C11H16N2O3S. The van der Waals surface area contributed by atoms with Gasteiger partial charge in [0.15, 0.2) is 5.71 Å². The standard InChI is InChI=1S/C11H16N2O3S/c1-2-3-8-17(14,15)16-13-11(9-12)10-6-4-5-7-10/h6H,2-5,7-8H2,1H3/b13-11+. The van der Waals surface area contributed by atoms with Gasteiger partial charge in [0.1, 0.15) is 6.07 Å². The minimum Gasteiger partial charge on any atom is -0.267 e. The lowest BCUT2D eigenvalue weighted by Crippen LogP contribution is -2.09. The molecule has 0 aliphatic heterocycles. The fourth-order valence-electron chi connectivity index (χ4n) is 1.49.